The highest BCUT2D eigenvalue weighted by Gasteiger charge is 2.15. The molecule has 0 aliphatic heterocycles. The van der Waals surface area contributed by atoms with Crippen LogP contribution in [0.1, 0.15) is 6.92 Å². The lowest BCUT2D eigenvalue weighted by Crippen LogP contribution is -2.22. The third kappa shape index (κ3) is 3.45. The van der Waals surface area contributed by atoms with Gasteiger partial charge in [-0.15, -0.1) is 0 Å². The zero-order valence-electron chi connectivity index (χ0n) is 8.68. The van der Waals surface area contributed by atoms with E-state index in [1.165, 1.54) is 23.9 Å². The Morgan fingerprint density at radius 3 is 2.25 bits per heavy atom. The summed E-state index contributed by atoms with van der Waals surface area (Å²) >= 11 is 19.1. The first-order chi connectivity index (χ1) is 7.45. The molecule has 88 valence electrons. The maximum Gasteiger partial charge on any atom is 0.237 e. The lowest BCUT2D eigenvalue weighted by molar-refractivity contribution is -0.115. The monoisotopic (exact) mass is 297 g/mol. The number of anilines is 1. The van der Waals surface area contributed by atoms with Crippen molar-refractivity contribution in [3.8, 4) is 0 Å². The Morgan fingerprint density at radius 2 is 1.81 bits per heavy atom. The van der Waals surface area contributed by atoms with E-state index < -0.39 is 0 Å². The van der Waals surface area contributed by atoms with Crippen molar-refractivity contribution in [3.05, 3.63) is 27.2 Å². The zero-order chi connectivity index (χ0) is 12.3. The SMILES string of the molecule is CS[C@@H](C)C(=O)Nc1c(Cl)cc(Cl)cc1Cl. The quantitative estimate of drug-likeness (QED) is 0.899. The van der Waals surface area contributed by atoms with Gasteiger partial charge in [0, 0.05) is 5.02 Å². The van der Waals surface area contributed by atoms with E-state index in [1.54, 1.807) is 6.92 Å². The minimum atomic E-state index is -0.164. The van der Waals surface area contributed by atoms with Gasteiger partial charge in [-0.25, -0.2) is 0 Å². The average Bonchev–Trinajstić information content (AvgIpc) is 2.21. The fourth-order valence-corrected chi connectivity index (χ4v) is 2.18. The molecule has 1 aromatic rings. The number of hydrogen-bond acceptors (Lipinski definition) is 2. The number of carbonyl (C=O) groups is 1. The summed E-state index contributed by atoms with van der Waals surface area (Å²) in [5, 5.41) is 3.61. The van der Waals surface area contributed by atoms with Crippen LogP contribution >= 0.6 is 46.6 Å². The Balaban J connectivity index is 2.93. The Morgan fingerprint density at radius 1 is 1.31 bits per heavy atom. The van der Waals surface area contributed by atoms with Gasteiger partial charge < -0.3 is 5.32 Å². The number of rotatable bonds is 3. The van der Waals surface area contributed by atoms with E-state index in [0.29, 0.717) is 20.8 Å². The second kappa shape index (κ2) is 6.01. The molecule has 2 nitrogen and oxygen atoms in total. The summed E-state index contributed by atoms with van der Waals surface area (Å²) in [6.45, 7) is 1.80. The molecule has 1 atom stereocenters. The van der Waals surface area contributed by atoms with E-state index in [2.05, 4.69) is 5.32 Å². The van der Waals surface area contributed by atoms with Gasteiger partial charge >= 0.3 is 0 Å². The highest BCUT2D eigenvalue weighted by Crippen LogP contribution is 2.33. The highest BCUT2D eigenvalue weighted by atomic mass is 35.5. The van der Waals surface area contributed by atoms with Crippen molar-refractivity contribution >= 4 is 58.2 Å². The lowest BCUT2D eigenvalue weighted by atomic mass is 10.3. The third-order valence-electron chi connectivity index (χ3n) is 1.98. The Kier molecular flexibility index (Phi) is 5.25. The average molecular weight is 299 g/mol. The molecule has 0 aliphatic carbocycles. The number of benzene rings is 1. The Bertz CT molecular complexity index is 388. The minimum Gasteiger partial charge on any atom is -0.323 e. The van der Waals surface area contributed by atoms with Gasteiger partial charge in [-0.1, -0.05) is 34.8 Å². The largest absolute Gasteiger partial charge is 0.323 e. The van der Waals surface area contributed by atoms with E-state index in [-0.39, 0.29) is 11.2 Å². The van der Waals surface area contributed by atoms with Crippen molar-refractivity contribution in [3.63, 3.8) is 0 Å². The molecule has 0 unspecified atom stereocenters. The van der Waals surface area contributed by atoms with E-state index in [0.717, 1.165) is 0 Å². The number of hydrogen-bond donors (Lipinski definition) is 1. The van der Waals surface area contributed by atoms with Crippen LogP contribution in [0.4, 0.5) is 5.69 Å². The van der Waals surface area contributed by atoms with Gasteiger partial charge in [-0.2, -0.15) is 11.8 Å². The molecule has 16 heavy (non-hydrogen) atoms. The first kappa shape index (κ1) is 14.0. The summed E-state index contributed by atoms with van der Waals surface area (Å²) < 4.78 is 0. The van der Waals surface area contributed by atoms with Gasteiger partial charge in [0.15, 0.2) is 0 Å². The number of halogens is 3. The molecule has 0 heterocycles. The molecule has 0 aliphatic rings. The van der Waals surface area contributed by atoms with Crippen molar-refractivity contribution in [2.24, 2.45) is 0 Å². The normalized spacial score (nSPS) is 12.3. The molecular weight excluding hydrogens is 289 g/mol. The summed E-state index contributed by atoms with van der Waals surface area (Å²) in [4.78, 5) is 11.7. The Labute approximate surface area is 114 Å². The second-order valence-electron chi connectivity index (χ2n) is 3.11. The Hall–Kier alpha value is -0.0900. The molecular formula is C10H10Cl3NOS. The van der Waals surface area contributed by atoms with Gasteiger partial charge in [-0.3, -0.25) is 4.79 Å². The van der Waals surface area contributed by atoms with E-state index in [1.807, 2.05) is 6.26 Å². The maximum atomic E-state index is 11.7. The second-order valence-corrected chi connectivity index (χ2v) is 5.54. The van der Waals surface area contributed by atoms with Crippen LogP contribution in [0, 0.1) is 0 Å². The van der Waals surface area contributed by atoms with Crippen LogP contribution in [-0.2, 0) is 4.79 Å². The minimum absolute atomic E-state index is 0.140. The molecule has 0 fully saturated rings. The van der Waals surface area contributed by atoms with E-state index in [4.69, 9.17) is 34.8 Å². The predicted octanol–water partition coefficient (Wildman–Crippen LogP) is 4.34. The third-order valence-corrected chi connectivity index (χ3v) is 3.71. The standard InChI is InChI=1S/C10H10Cl3NOS/c1-5(16-2)10(15)14-9-7(12)3-6(11)4-8(9)13/h3-5H,1-2H3,(H,14,15)/t5-/m0/s1. The van der Waals surface area contributed by atoms with Crippen LogP contribution in [0.15, 0.2) is 12.1 Å². The molecule has 0 saturated heterocycles. The smallest absolute Gasteiger partial charge is 0.237 e. The van der Waals surface area contributed by atoms with Crippen molar-refractivity contribution in [1.29, 1.82) is 0 Å². The summed E-state index contributed by atoms with van der Waals surface area (Å²) in [5.74, 6) is -0.140. The van der Waals surface area contributed by atoms with Crippen molar-refractivity contribution in [2.75, 3.05) is 11.6 Å². The van der Waals surface area contributed by atoms with E-state index in [9.17, 15) is 4.79 Å². The number of amides is 1. The van der Waals surface area contributed by atoms with Gasteiger partial charge in [0.25, 0.3) is 0 Å². The van der Waals surface area contributed by atoms with Gasteiger partial charge in [0.2, 0.25) is 5.91 Å². The van der Waals surface area contributed by atoms with Gasteiger partial charge in [0.1, 0.15) is 0 Å². The van der Waals surface area contributed by atoms with Crippen LogP contribution in [0.5, 0.6) is 0 Å². The summed E-state index contributed by atoms with van der Waals surface area (Å²) in [5.41, 5.74) is 0.402. The van der Waals surface area contributed by atoms with Crippen molar-refractivity contribution in [2.45, 2.75) is 12.2 Å². The summed E-state index contributed by atoms with van der Waals surface area (Å²) in [6.07, 6.45) is 1.86. The molecule has 1 rings (SSSR count). The molecule has 0 radical (unpaired) electrons. The van der Waals surface area contributed by atoms with Crippen LogP contribution < -0.4 is 5.32 Å². The fraction of sp³-hybridized carbons (Fsp3) is 0.300. The molecule has 1 amide bonds. The first-order valence-electron chi connectivity index (χ1n) is 4.44. The van der Waals surface area contributed by atoms with Crippen molar-refractivity contribution in [1.82, 2.24) is 0 Å². The molecule has 1 N–H and O–H groups in total. The maximum absolute atomic E-state index is 11.7. The fourth-order valence-electron chi connectivity index (χ4n) is 0.993. The lowest BCUT2D eigenvalue weighted by Gasteiger charge is -2.12. The van der Waals surface area contributed by atoms with Crippen LogP contribution in [0.3, 0.4) is 0 Å². The molecule has 1 aromatic carbocycles. The van der Waals surface area contributed by atoms with Gasteiger partial charge in [-0.05, 0) is 25.3 Å². The predicted molar refractivity (Wildman–Crippen MR) is 73.1 cm³/mol. The van der Waals surface area contributed by atoms with Gasteiger partial charge in [0.05, 0.1) is 21.0 Å². The summed E-state index contributed by atoms with van der Waals surface area (Å²) in [7, 11) is 0. The summed E-state index contributed by atoms with van der Waals surface area (Å²) in [6, 6.07) is 3.07. The number of thioether (sulfide) groups is 1. The first-order valence-corrected chi connectivity index (χ1v) is 6.86. The topological polar surface area (TPSA) is 29.1 Å². The molecule has 0 saturated carbocycles. The highest BCUT2D eigenvalue weighted by molar-refractivity contribution is 7.99. The molecule has 6 heteroatoms. The van der Waals surface area contributed by atoms with E-state index >= 15 is 0 Å². The number of carbonyl (C=O) groups excluding carboxylic acids is 1. The van der Waals surface area contributed by atoms with Crippen LogP contribution in [0.25, 0.3) is 0 Å². The molecule has 0 spiro atoms. The molecule has 0 bridgehead atoms. The van der Waals surface area contributed by atoms with Crippen LogP contribution in [0.2, 0.25) is 15.1 Å². The molecule has 0 aromatic heterocycles. The number of nitrogens with one attached hydrogen (secondary N) is 1. The van der Waals surface area contributed by atoms with Crippen LogP contribution in [-0.4, -0.2) is 17.4 Å². The van der Waals surface area contributed by atoms with Crippen molar-refractivity contribution < 1.29 is 4.79 Å². The zero-order valence-corrected chi connectivity index (χ0v) is 11.8.